The minimum atomic E-state index is -0.0950. The van der Waals surface area contributed by atoms with Crippen LogP contribution in [-0.4, -0.2) is 4.98 Å². The summed E-state index contributed by atoms with van der Waals surface area (Å²) in [6.07, 6.45) is 1.89. The number of nitrogens with zero attached hydrogens (tertiary/aromatic N) is 2. The van der Waals surface area contributed by atoms with E-state index in [1.165, 1.54) is 5.56 Å². The van der Waals surface area contributed by atoms with E-state index in [9.17, 15) is 5.26 Å². The standard InChI is InChI=1S/C18H22N2O/c1-17(2,3)10-12(11-19)16-20-14-8-7-13(18(4,5)6)9-15(14)21-16/h7-10H,1-6H3/b12-10+. The van der Waals surface area contributed by atoms with E-state index < -0.39 is 0 Å². The van der Waals surface area contributed by atoms with Crippen LogP contribution in [0.5, 0.6) is 0 Å². The average Bonchev–Trinajstić information content (AvgIpc) is 2.76. The first kappa shape index (κ1) is 15.3. The summed E-state index contributed by atoms with van der Waals surface area (Å²) < 4.78 is 5.80. The molecule has 0 fully saturated rings. The van der Waals surface area contributed by atoms with Crippen LogP contribution in [0.15, 0.2) is 28.7 Å². The molecule has 0 unspecified atom stereocenters. The number of oxazole rings is 1. The van der Waals surface area contributed by atoms with Gasteiger partial charge in [0.05, 0.1) is 0 Å². The number of aromatic nitrogens is 1. The molecule has 1 aromatic carbocycles. The number of allylic oxidation sites excluding steroid dienone is 2. The molecule has 0 N–H and O–H groups in total. The van der Waals surface area contributed by atoms with Gasteiger partial charge in [0.25, 0.3) is 0 Å². The molecule has 2 rings (SSSR count). The van der Waals surface area contributed by atoms with Crippen LogP contribution in [0.4, 0.5) is 0 Å². The smallest absolute Gasteiger partial charge is 0.237 e. The van der Waals surface area contributed by atoms with Crippen molar-refractivity contribution in [3.63, 3.8) is 0 Å². The molecule has 0 saturated carbocycles. The molecule has 0 saturated heterocycles. The summed E-state index contributed by atoms with van der Waals surface area (Å²) >= 11 is 0. The molecular formula is C18H22N2O. The second kappa shape index (κ2) is 5.04. The summed E-state index contributed by atoms with van der Waals surface area (Å²) in [7, 11) is 0. The molecule has 0 aliphatic rings. The molecule has 1 heterocycles. The van der Waals surface area contributed by atoms with Gasteiger partial charge in [-0.15, -0.1) is 0 Å². The summed E-state index contributed by atoms with van der Waals surface area (Å²) in [6, 6.07) is 8.21. The van der Waals surface area contributed by atoms with E-state index >= 15 is 0 Å². The van der Waals surface area contributed by atoms with Crippen LogP contribution < -0.4 is 0 Å². The van der Waals surface area contributed by atoms with Crippen LogP contribution in [0, 0.1) is 16.7 Å². The number of hydrogen-bond acceptors (Lipinski definition) is 3. The van der Waals surface area contributed by atoms with Crippen molar-refractivity contribution in [3.05, 3.63) is 35.7 Å². The van der Waals surface area contributed by atoms with Gasteiger partial charge in [0, 0.05) is 0 Å². The lowest BCUT2D eigenvalue weighted by molar-refractivity contribution is 0.539. The molecule has 0 aliphatic carbocycles. The molecule has 21 heavy (non-hydrogen) atoms. The fourth-order valence-corrected chi connectivity index (χ4v) is 2.08. The highest BCUT2D eigenvalue weighted by Gasteiger charge is 2.18. The summed E-state index contributed by atoms with van der Waals surface area (Å²) in [4.78, 5) is 4.43. The van der Waals surface area contributed by atoms with Gasteiger partial charge >= 0.3 is 0 Å². The molecule has 0 spiro atoms. The van der Waals surface area contributed by atoms with E-state index in [-0.39, 0.29) is 10.8 Å². The van der Waals surface area contributed by atoms with Gasteiger partial charge < -0.3 is 4.42 Å². The van der Waals surface area contributed by atoms with E-state index in [1.807, 2.05) is 39.0 Å². The lowest BCUT2D eigenvalue weighted by Crippen LogP contribution is -2.10. The van der Waals surface area contributed by atoms with Crippen molar-refractivity contribution in [2.45, 2.75) is 47.0 Å². The van der Waals surface area contributed by atoms with Crippen LogP contribution in [0.1, 0.15) is 53.0 Å². The van der Waals surface area contributed by atoms with E-state index in [4.69, 9.17) is 4.42 Å². The topological polar surface area (TPSA) is 49.8 Å². The Morgan fingerprint density at radius 2 is 1.86 bits per heavy atom. The van der Waals surface area contributed by atoms with Gasteiger partial charge in [0.15, 0.2) is 5.58 Å². The second-order valence-electron chi connectivity index (χ2n) is 7.49. The quantitative estimate of drug-likeness (QED) is 0.685. The van der Waals surface area contributed by atoms with E-state index in [1.54, 1.807) is 0 Å². The van der Waals surface area contributed by atoms with Gasteiger partial charge in [-0.2, -0.15) is 5.26 Å². The van der Waals surface area contributed by atoms with Gasteiger partial charge in [-0.1, -0.05) is 53.7 Å². The molecule has 1 aromatic heterocycles. The maximum absolute atomic E-state index is 9.33. The molecule has 3 heteroatoms. The van der Waals surface area contributed by atoms with Gasteiger partial charge in [-0.05, 0) is 28.5 Å². The molecule has 0 amide bonds. The summed E-state index contributed by atoms with van der Waals surface area (Å²) in [5.74, 6) is 0.397. The number of fused-ring (bicyclic) bond motifs is 1. The van der Waals surface area contributed by atoms with Crippen LogP contribution >= 0.6 is 0 Å². The first-order valence-electron chi connectivity index (χ1n) is 7.14. The van der Waals surface area contributed by atoms with Crippen molar-refractivity contribution in [1.82, 2.24) is 4.98 Å². The zero-order chi connectivity index (χ0) is 15.8. The average molecular weight is 282 g/mol. The Balaban J connectivity index is 2.53. The number of rotatable bonds is 1. The SMILES string of the molecule is CC(C)(C)/C=C(\C#N)c1nc2ccc(C(C)(C)C)cc2o1. The molecule has 0 aliphatic heterocycles. The third-order valence-electron chi connectivity index (χ3n) is 3.18. The van der Waals surface area contributed by atoms with Crippen molar-refractivity contribution in [3.8, 4) is 6.07 Å². The zero-order valence-corrected chi connectivity index (χ0v) is 13.6. The molecular weight excluding hydrogens is 260 g/mol. The normalized spacial score (nSPS) is 13.5. The summed E-state index contributed by atoms with van der Waals surface area (Å²) in [5.41, 5.74) is 3.15. The predicted molar refractivity (Wildman–Crippen MR) is 85.8 cm³/mol. The molecule has 110 valence electrons. The first-order chi connectivity index (χ1) is 9.60. The monoisotopic (exact) mass is 282 g/mol. The van der Waals surface area contributed by atoms with Gasteiger partial charge in [0.2, 0.25) is 5.89 Å². The Morgan fingerprint density at radius 1 is 1.19 bits per heavy atom. The van der Waals surface area contributed by atoms with Crippen molar-refractivity contribution >= 4 is 16.7 Å². The molecule has 2 aromatic rings. The maximum Gasteiger partial charge on any atom is 0.237 e. The predicted octanol–water partition coefficient (Wildman–Crippen LogP) is 5.08. The van der Waals surface area contributed by atoms with Crippen LogP contribution in [0.2, 0.25) is 0 Å². The Hall–Kier alpha value is -2.08. The number of hydrogen-bond donors (Lipinski definition) is 0. The van der Waals surface area contributed by atoms with Crippen LogP contribution in [0.25, 0.3) is 16.7 Å². The Labute approximate surface area is 126 Å². The zero-order valence-electron chi connectivity index (χ0n) is 13.6. The third-order valence-corrected chi connectivity index (χ3v) is 3.18. The third kappa shape index (κ3) is 3.52. The lowest BCUT2D eigenvalue weighted by Gasteiger charge is -2.18. The molecule has 0 bridgehead atoms. The van der Waals surface area contributed by atoms with Crippen molar-refractivity contribution in [2.75, 3.05) is 0 Å². The van der Waals surface area contributed by atoms with Crippen LogP contribution in [-0.2, 0) is 5.41 Å². The van der Waals surface area contributed by atoms with Gasteiger partial charge in [-0.25, -0.2) is 4.98 Å². The Morgan fingerprint density at radius 3 is 2.38 bits per heavy atom. The Kier molecular flexibility index (Phi) is 3.67. The molecule has 0 atom stereocenters. The van der Waals surface area contributed by atoms with E-state index in [2.05, 4.69) is 37.9 Å². The highest BCUT2D eigenvalue weighted by Crippen LogP contribution is 2.29. The molecule has 3 nitrogen and oxygen atoms in total. The first-order valence-corrected chi connectivity index (χ1v) is 7.14. The van der Waals surface area contributed by atoms with Crippen molar-refractivity contribution in [1.29, 1.82) is 5.26 Å². The fraction of sp³-hybridized carbons (Fsp3) is 0.444. The maximum atomic E-state index is 9.33. The van der Waals surface area contributed by atoms with Gasteiger partial charge in [-0.3, -0.25) is 0 Å². The van der Waals surface area contributed by atoms with Crippen LogP contribution in [0.3, 0.4) is 0 Å². The molecule has 0 radical (unpaired) electrons. The summed E-state index contributed by atoms with van der Waals surface area (Å²) in [6.45, 7) is 12.6. The highest BCUT2D eigenvalue weighted by atomic mass is 16.3. The fourth-order valence-electron chi connectivity index (χ4n) is 2.08. The Bertz CT molecular complexity index is 731. The number of benzene rings is 1. The van der Waals surface area contributed by atoms with E-state index in [0.29, 0.717) is 11.5 Å². The minimum absolute atomic E-state index is 0.0560. The van der Waals surface area contributed by atoms with Crippen molar-refractivity contribution < 1.29 is 4.42 Å². The minimum Gasteiger partial charge on any atom is -0.435 e. The van der Waals surface area contributed by atoms with E-state index in [0.717, 1.165) is 11.1 Å². The second-order valence-corrected chi connectivity index (χ2v) is 7.49. The largest absolute Gasteiger partial charge is 0.435 e. The summed E-state index contributed by atoms with van der Waals surface area (Å²) in [5, 5.41) is 9.33. The van der Waals surface area contributed by atoms with Crippen molar-refractivity contribution in [2.24, 2.45) is 5.41 Å². The van der Waals surface area contributed by atoms with Gasteiger partial charge in [0.1, 0.15) is 17.2 Å². The lowest BCUT2D eigenvalue weighted by atomic mass is 9.87. The number of nitriles is 1. The highest BCUT2D eigenvalue weighted by molar-refractivity contribution is 5.80.